The third-order valence-electron chi connectivity index (χ3n) is 5.28. The molecule has 0 aliphatic carbocycles. The van der Waals surface area contributed by atoms with Crippen molar-refractivity contribution in [2.45, 2.75) is 44.7 Å². The van der Waals surface area contributed by atoms with Crippen LogP contribution >= 0.6 is 0 Å². The molecule has 0 radical (unpaired) electrons. The van der Waals surface area contributed by atoms with E-state index in [4.69, 9.17) is 4.98 Å². The van der Waals surface area contributed by atoms with Crippen molar-refractivity contribution < 1.29 is 4.79 Å². The Kier molecular flexibility index (Phi) is 4.73. The molecule has 0 bridgehead atoms. The average Bonchev–Trinajstić information content (AvgIpc) is 3.30. The van der Waals surface area contributed by atoms with E-state index in [0.29, 0.717) is 6.42 Å². The molecule has 6 heteroatoms. The van der Waals surface area contributed by atoms with Crippen molar-refractivity contribution in [1.82, 2.24) is 24.2 Å². The van der Waals surface area contributed by atoms with E-state index in [9.17, 15) is 4.79 Å². The first-order valence-electron chi connectivity index (χ1n) is 9.42. The van der Waals surface area contributed by atoms with Crippen LogP contribution in [0, 0.1) is 0 Å². The van der Waals surface area contributed by atoms with Crippen LogP contribution in [-0.2, 0) is 18.4 Å². The van der Waals surface area contributed by atoms with E-state index in [-0.39, 0.29) is 11.9 Å². The first-order valence-corrected chi connectivity index (χ1v) is 9.42. The molecule has 0 saturated carbocycles. The number of nitrogens with zero attached hydrogens (tertiary/aromatic N) is 5. The average molecular weight is 351 g/mol. The van der Waals surface area contributed by atoms with E-state index in [1.54, 1.807) is 6.20 Å². The van der Waals surface area contributed by atoms with Crippen molar-refractivity contribution in [3.05, 3.63) is 48.5 Å². The molecule has 3 aromatic rings. The second-order valence-corrected chi connectivity index (χ2v) is 6.99. The summed E-state index contributed by atoms with van der Waals surface area (Å²) in [5.41, 5.74) is 2.13. The number of rotatable bonds is 5. The first-order chi connectivity index (χ1) is 12.7. The van der Waals surface area contributed by atoms with Gasteiger partial charge in [-0.05, 0) is 43.9 Å². The number of carbonyl (C=O) groups excluding carboxylic acids is 1. The molecule has 4 rings (SSSR count). The van der Waals surface area contributed by atoms with Gasteiger partial charge in [0.15, 0.2) is 0 Å². The molecule has 136 valence electrons. The number of para-hydroxylation sites is 2. The Labute approximate surface area is 153 Å². The molecule has 3 heterocycles. The second-order valence-electron chi connectivity index (χ2n) is 6.99. The number of aromatic nitrogens is 4. The highest BCUT2D eigenvalue weighted by molar-refractivity contribution is 5.78. The summed E-state index contributed by atoms with van der Waals surface area (Å²) in [5.74, 6) is 1.24. The molecule has 1 aromatic carbocycles. The van der Waals surface area contributed by atoms with E-state index in [2.05, 4.69) is 22.8 Å². The summed E-state index contributed by atoms with van der Waals surface area (Å²) >= 11 is 0. The Morgan fingerprint density at radius 2 is 2.12 bits per heavy atom. The minimum atomic E-state index is 0.0818. The number of piperidine rings is 1. The lowest BCUT2D eigenvalue weighted by molar-refractivity contribution is -0.135. The second kappa shape index (κ2) is 7.32. The van der Waals surface area contributed by atoms with Gasteiger partial charge in [-0.2, -0.15) is 5.10 Å². The molecular formula is C20H25N5O. The number of amides is 1. The smallest absolute Gasteiger partial charge is 0.223 e. The minimum absolute atomic E-state index is 0.0818. The van der Waals surface area contributed by atoms with E-state index in [0.717, 1.165) is 55.6 Å². The molecule has 0 spiro atoms. The standard InChI is InChI=1S/C20H25N5O/c1-23-17-9-3-2-8-16(17)22-20(23)18-10-4-5-15-25(18)19(26)11-6-13-24-14-7-12-21-24/h2-3,7-9,12,14,18H,4-6,10-11,13,15H2,1H3. The fraction of sp³-hybridized carbons (Fsp3) is 0.450. The monoisotopic (exact) mass is 351 g/mol. The third-order valence-corrected chi connectivity index (χ3v) is 5.28. The third kappa shape index (κ3) is 3.23. The summed E-state index contributed by atoms with van der Waals surface area (Å²) in [6.45, 7) is 1.61. The molecule has 26 heavy (non-hydrogen) atoms. The number of hydrogen-bond donors (Lipinski definition) is 0. The Hall–Kier alpha value is -2.63. The fourth-order valence-electron chi connectivity index (χ4n) is 3.93. The topological polar surface area (TPSA) is 56.0 Å². The normalized spacial score (nSPS) is 17.7. The summed E-state index contributed by atoms with van der Waals surface area (Å²) in [6.07, 6.45) is 8.28. The maximum atomic E-state index is 12.9. The van der Waals surface area contributed by atoms with E-state index < -0.39 is 0 Å². The van der Waals surface area contributed by atoms with Gasteiger partial charge in [-0.1, -0.05) is 12.1 Å². The SMILES string of the molecule is Cn1c(C2CCCCN2C(=O)CCCn2cccn2)nc2ccccc21. The Morgan fingerprint density at radius 1 is 1.23 bits per heavy atom. The number of aryl methyl sites for hydroxylation is 2. The summed E-state index contributed by atoms with van der Waals surface area (Å²) in [4.78, 5) is 19.8. The van der Waals surface area contributed by atoms with Crippen LogP contribution in [0.3, 0.4) is 0 Å². The number of fused-ring (bicyclic) bond motifs is 1. The van der Waals surface area contributed by atoms with Crippen LogP contribution in [0.1, 0.15) is 44.0 Å². The summed E-state index contributed by atoms with van der Waals surface area (Å²) in [6, 6.07) is 10.2. The van der Waals surface area contributed by atoms with Gasteiger partial charge < -0.3 is 9.47 Å². The number of carbonyl (C=O) groups is 1. The van der Waals surface area contributed by atoms with Gasteiger partial charge in [-0.15, -0.1) is 0 Å². The van der Waals surface area contributed by atoms with Crippen molar-refractivity contribution in [3.8, 4) is 0 Å². The molecule has 1 amide bonds. The van der Waals surface area contributed by atoms with Crippen molar-refractivity contribution >= 4 is 16.9 Å². The minimum Gasteiger partial charge on any atom is -0.333 e. The zero-order valence-electron chi connectivity index (χ0n) is 15.2. The van der Waals surface area contributed by atoms with Crippen LogP contribution in [0.25, 0.3) is 11.0 Å². The predicted molar refractivity (Wildman–Crippen MR) is 100 cm³/mol. The highest BCUT2D eigenvalue weighted by Crippen LogP contribution is 2.32. The molecule has 2 aromatic heterocycles. The fourth-order valence-corrected chi connectivity index (χ4v) is 3.93. The molecule has 0 N–H and O–H groups in total. The van der Waals surface area contributed by atoms with Crippen LogP contribution in [0.15, 0.2) is 42.7 Å². The van der Waals surface area contributed by atoms with Gasteiger partial charge in [0, 0.05) is 39.0 Å². The van der Waals surface area contributed by atoms with Gasteiger partial charge in [-0.3, -0.25) is 9.48 Å². The van der Waals surface area contributed by atoms with Crippen molar-refractivity contribution in [1.29, 1.82) is 0 Å². The van der Waals surface area contributed by atoms with Crippen molar-refractivity contribution in [2.75, 3.05) is 6.54 Å². The Balaban J connectivity index is 1.50. The maximum absolute atomic E-state index is 12.9. The Bertz CT molecular complexity index is 883. The van der Waals surface area contributed by atoms with E-state index >= 15 is 0 Å². The van der Waals surface area contributed by atoms with Gasteiger partial charge in [0.25, 0.3) is 0 Å². The Morgan fingerprint density at radius 3 is 2.92 bits per heavy atom. The molecule has 6 nitrogen and oxygen atoms in total. The molecule has 1 saturated heterocycles. The molecule has 1 fully saturated rings. The summed E-state index contributed by atoms with van der Waals surface area (Å²) < 4.78 is 4.03. The molecule has 1 aliphatic heterocycles. The zero-order chi connectivity index (χ0) is 17.9. The maximum Gasteiger partial charge on any atom is 0.223 e. The largest absolute Gasteiger partial charge is 0.333 e. The van der Waals surface area contributed by atoms with Crippen LogP contribution in [0.2, 0.25) is 0 Å². The first kappa shape index (κ1) is 16.8. The van der Waals surface area contributed by atoms with Gasteiger partial charge in [0.2, 0.25) is 5.91 Å². The van der Waals surface area contributed by atoms with Crippen LogP contribution in [0.5, 0.6) is 0 Å². The van der Waals surface area contributed by atoms with Gasteiger partial charge in [0.05, 0.1) is 17.1 Å². The van der Waals surface area contributed by atoms with Crippen molar-refractivity contribution in [2.24, 2.45) is 7.05 Å². The summed E-state index contributed by atoms with van der Waals surface area (Å²) in [5, 5.41) is 4.20. The lowest BCUT2D eigenvalue weighted by atomic mass is 10.0. The molecule has 1 unspecified atom stereocenters. The van der Waals surface area contributed by atoms with Crippen LogP contribution < -0.4 is 0 Å². The van der Waals surface area contributed by atoms with Gasteiger partial charge in [-0.25, -0.2) is 4.98 Å². The molecular weight excluding hydrogens is 326 g/mol. The number of likely N-dealkylation sites (tertiary alicyclic amines) is 1. The quantitative estimate of drug-likeness (QED) is 0.709. The number of hydrogen-bond acceptors (Lipinski definition) is 3. The highest BCUT2D eigenvalue weighted by Gasteiger charge is 2.30. The zero-order valence-corrected chi connectivity index (χ0v) is 15.2. The van der Waals surface area contributed by atoms with Gasteiger partial charge >= 0.3 is 0 Å². The number of benzene rings is 1. The lowest BCUT2D eigenvalue weighted by Gasteiger charge is -2.35. The molecule has 1 aliphatic rings. The lowest BCUT2D eigenvalue weighted by Crippen LogP contribution is -2.39. The highest BCUT2D eigenvalue weighted by atomic mass is 16.2. The van der Waals surface area contributed by atoms with E-state index in [1.165, 1.54) is 0 Å². The number of imidazole rings is 1. The van der Waals surface area contributed by atoms with Crippen molar-refractivity contribution in [3.63, 3.8) is 0 Å². The molecule has 1 atom stereocenters. The van der Waals surface area contributed by atoms with Crippen LogP contribution in [0.4, 0.5) is 0 Å². The van der Waals surface area contributed by atoms with E-state index in [1.807, 2.05) is 40.0 Å². The summed E-state index contributed by atoms with van der Waals surface area (Å²) in [7, 11) is 2.06. The van der Waals surface area contributed by atoms with Gasteiger partial charge in [0.1, 0.15) is 5.82 Å². The predicted octanol–water partition coefficient (Wildman–Crippen LogP) is 3.30. The van der Waals surface area contributed by atoms with Crippen LogP contribution in [-0.4, -0.2) is 36.7 Å².